The van der Waals surface area contributed by atoms with E-state index < -0.39 is 0 Å². The molecule has 162 valence electrons. The number of aromatic nitrogens is 2. The smallest absolute Gasteiger partial charge is 0.203 e. The van der Waals surface area contributed by atoms with Gasteiger partial charge in [-0.1, -0.05) is 23.8 Å². The van der Waals surface area contributed by atoms with Gasteiger partial charge in [0.15, 0.2) is 17.3 Å². The van der Waals surface area contributed by atoms with E-state index >= 15 is 0 Å². The number of hydrogen-bond acceptors (Lipinski definition) is 6. The number of nitrogens with zero attached hydrogens (tertiary/aromatic N) is 2. The molecule has 6 nitrogen and oxygen atoms in total. The van der Waals surface area contributed by atoms with Crippen molar-refractivity contribution in [3.05, 3.63) is 48.0 Å². The number of nitrogens with one attached hydrogen (secondary N) is 1. The lowest BCUT2D eigenvalue weighted by molar-refractivity contribution is 0.324. The van der Waals surface area contributed by atoms with Gasteiger partial charge in [0, 0.05) is 17.5 Å². The van der Waals surface area contributed by atoms with Crippen molar-refractivity contribution in [1.29, 1.82) is 0 Å². The van der Waals surface area contributed by atoms with Crippen molar-refractivity contribution in [3.63, 3.8) is 0 Å². The molecule has 1 aliphatic carbocycles. The van der Waals surface area contributed by atoms with Gasteiger partial charge in [-0.3, -0.25) is 0 Å². The lowest BCUT2D eigenvalue weighted by Crippen LogP contribution is -2.07. The second kappa shape index (κ2) is 9.69. The number of fused-ring (bicyclic) bond motifs is 1. The number of rotatable bonds is 8. The Kier molecular flexibility index (Phi) is 6.55. The van der Waals surface area contributed by atoms with Crippen molar-refractivity contribution in [1.82, 2.24) is 9.97 Å². The van der Waals surface area contributed by atoms with Crippen molar-refractivity contribution < 1.29 is 14.2 Å². The Morgan fingerprint density at radius 1 is 0.935 bits per heavy atom. The van der Waals surface area contributed by atoms with Crippen molar-refractivity contribution in [2.75, 3.05) is 33.2 Å². The first-order chi connectivity index (χ1) is 15.2. The van der Waals surface area contributed by atoms with Crippen LogP contribution in [0.15, 0.2) is 48.0 Å². The van der Waals surface area contributed by atoms with Gasteiger partial charge < -0.3 is 19.5 Å². The van der Waals surface area contributed by atoms with Gasteiger partial charge in [-0.2, -0.15) is 0 Å². The molecule has 0 bridgehead atoms. The molecule has 1 heterocycles. The largest absolute Gasteiger partial charge is 0.493 e. The zero-order valence-electron chi connectivity index (χ0n) is 18.4. The maximum absolute atomic E-state index is 5.51. The molecule has 1 aliphatic rings. The molecule has 0 atom stereocenters. The first-order valence-corrected chi connectivity index (χ1v) is 10.7. The summed E-state index contributed by atoms with van der Waals surface area (Å²) < 4.78 is 16.5. The van der Waals surface area contributed by atoms with E-state index in [0.717, 1.165) is 35.2 Å². The summed E-state index contributed by atoms with van der Waals surface area (Å²) in [6.45, 7) is 0.849. The molecule has 0 amide bonds. The second-order valence-corrected chi connectivity index (χ2v) is 7.61. The summed E-state index contributed by atoms with van der Waals surface area (Å²) in [5.74, 6) is 3.15. The van der Waals surface area contributed by atoms with Crippen LogP contribution in [-0.4, -0.2) is 37.8 Å². The molecule has 1 aromatic heterocycles. The Morgan fingerprint density at radius 2 is 1.71 bits per heavy atom. The maximum Gasteiger partial charge on any atom is 0.203 e. The molecule has 0 aliphatic heterocycles. The predicted molar refractivity (Wildman–Crippen MR) is 124 cm³/mol. The van der Waals surface area contributed by atoms with Crippen LogP contribution in [0.1, 0.15) is 32.1 Å². The molecule has 3 aromatic rings. The summed E-state index contributed by atoms with van der Waals surface area (Å²) in [5.41, 5.74) is 3.24. The molecule has 31 heavy (non-hydrogen) atoms. The zero-order valence-corrected chi connectivity index (χ0v) is 18.4. The Morgan fingerprint density at radius 3 is 2.39 bits per heavy atom. The fraction of sp³-hybridized carbons (Fsp3) is 0.360. The van der Waals surface area contributed by atoms with Gasteiger partial charge in [0.05, 0.1) is 26.8 Å². The quantitative estimate of drug-likeness (QED) is 0.478. The first kappa shape index (κ1) is 21.0. The Balaban J connectivity index is 1.69. The van der Waals surface area contributed by atoms with E-state index in [4.69, 9.17) is 24.2 Å². The molecule has 0 unspecified atom stereocenters. The summed E-state index contributed by atoms with van der Waals surface area (Å²) in [7, 11) is 4.81. The van der Waals surface area contributed by atoms with E-state index in [1.807, 2.05) is 30.3 Å². The fourth-order valence-corrected chi connectivity index (χ4v) is 4.02. The van der Waals surface area contributed by atoms with Gasteiger partial charge in [0.1, 0.15) is 5.82 Å². The van der Waals surface area contributed by atoms with E-state index in [9.17, 15) is 0 Å². The van der Waals surface area contributed by atoms with Crippen molar-refractivity contribution in [2.45, 2.75) is 32.1 Å². The zero-order chi connectivity index (χ0) is 21.6. The number of para-hydroxylation sites is 1. The van der Waals surface area contributed by atoms with Gasteiger partial charge in [-0.15, -0.1) is 0 Å². The normalized spacial score (nSPS) is 13.6. The molecule has 4 rings (SSSR count). The standard InChI is InChI=1S/C25H29N3O3/c1-29-21-15-18(16-22(30-2)23(21)31-3)24-27-20-12-8-7-11-19(20)25(28-24)26-14-13-17-9-5-4-6-10-17/h7-9,11-12,15-16H,4-6,10,13-14H2,1-3H3,(H,26,27,28). The van der Waals surface area contributed by atoms with Crippen LogP contribution in [0.25, 0.3) is 22.3 Å². The van der Waals surface area contributed by atoms with Crippen LogP contribution in [-0.2, 0) is 0 Å². The third-order valence-corrected chi connectivity index (χ3v) is 5.65. The molecule has 0 saturated carbocycles. The maximum atomic E-state index is 5.51. The van der Waals surface area contributed by atoms with Crippen LogP contribution in [0.2, 0.25) is 0 Å². The molecule has 0 saturated heterocycles. The number of hydrogen-bond donors (Lipinski definition) is 1. The third kappa shape index (κ3) is 4.58. The molecule has 2 aromatic carbocycles. The Hall–Kier alpha value is -3.28. The molecule has 0 radical (unpaired) electrons. The van der Waals surface area contributed by atoms with Crippen LogP contribution in [0.5, 0.6) is 17.2 Å². The van der Waals surface area contributed by atoms with Gasteiger partial charge in [0.25, 0.3) is 0 Å². The lowest BCUT2D eigenvalue weighted by Gasteiger charge is -2.16. The van der Waals surface area contributed by atoms with Crippen LogP contribution >= 0.6 is 0 Å². The van der Waals surface area contributed by atoms with Crippen LogP contribution in [0.4, 0.5) is 5.82 Å². The molecular formula is C25H29N3O3. The highest BCUT2D eigenvalue weighted by molar-refractivity contribution is 5.90. The van der Waals surface area contributed by atoms with E-state index in [0.29, 0.717) is 23.1 Å². The minimum atomic E-state index is 0.550. The average molecular weight is 420 g/mol. The third-order valence-electron chi connectivity index (χ3n) is 5.65. The van der Waals surface area contributed by atoms with Crippen LogP contribution < -0.4 is 19.5 Å². The minimum absolute atomic E-state index is 0.550. The summed E-state index contributed by atoms with van der Waals surface area (Å²) in [6.07, 6.45) is 8.46. The molecule has 0 fully saturated rings. The Bertz CT molecular complexity index is 1070. The number of ether oxygens (including phenoxy) is 3. The topological polar surface area (TPSA) is 65.5 Å². The summed E-state index contributed by atoms with van der Waals surface area (Å²) >= 11 is 0. The van der Waals surface area contributed by atoms with Gasteiger partial charge in [-0.05, 0) is 56.4 Å². The highest BCUT2D eigenvalue weighted by Gasteiger charge is 2.17. The minimum Gasteiger partial charge on any atom is -0.493 e. The number of methoxy groups -OCH3 is 3. The highest BCUT2D eigenvalue weighted by atomic mass is 16.5. The van der Waals surface area contributed by atoms with E-state index in [2.05, 4.69) is 17.5 Å². The summed E-state index contributed by atoms with van der Waals surface area (Å²) in [5, 5.41) is 4.56. The number of benzene rings is 2. The van der Waals surface area contributed by atoms with Gasteiger partial charge >= 0.3 is 0 Å². The first-order valence-electron chi connectivity index (χ1n) is 10.7. The van der Waals surface area contributed by atoms with Gasteiger partial charge in [-0.25, -0.2) is 9.97 Å². The summed E-state index contributed by atoms with van der Waals surface area (Å²) in [4.78, 5) is 9.66. The SMILES string of the molecule is COc1cc(-c2nc(NCCC3=CCCCC3)c3ccccc3n2)cc(OC)c1OC. The molecule has 0 spiro atoms. The molecular weight excluding hydrogens is 390 g/mol. The number of allylic oxidation sites excluding steroid dienone is 1. The highest BCUT2D eigenvalue weighted by Crippen LogP contribution is 2.41. The van der Waals surface area contributed by atoms with E-state index in [1.54, 1.807) is 26.9 Å². The molecule has 6 heteroatoms. The monoisotopic (exact) mass is 419 g/mol. The van der Waals surface area contributed by atoms with Crippen LogP contribution in [0, 0.1) is 0 Å². The average Bonchev–Trinajstić information content (AvgIpc) is 2.83. The predicted octanol–water partition coefficient (Wildman–Crippen LogP) is 5.63. The van der Waals surface area contributed by atoms with E-state index in [1.165, 1.54) is 25.7 Å². The summed E-state index contributed by atoms with van der Waals surface area (Å²) in [6, 6.07) is 11.8. The van der Waals surface area contributed by atoms with Crippen molar-refractivity contribution >= 4 is 16.7 Å². The van der Waals surface area contributed by atoms with Crippen molar-refractivity contribution in [2.24, 2.45) is 0 Å². The van der Waals surface area contributed by atoms with Crippen molar-refractivity contribution in [3.8, 4) is 28.6 Å². The Labute approximate surface area is 183 Å². The second-order valence-electron chi connectivity index (χ2n) is 7.61. The number of anilines is 1. The lowest BCUT2D eigenvalue weighted by atomic mass is 9.97. The van der Waals surface area contributed by atoms with Gasteiger partial charge in [0.2, 0.25) is 5.75 Å². The molecule has 1 N–H and O–H groups in total. The van der Waals surface area contributed by atoms with Crippen LogP contribution in [0.3, 0.4) is 0 Å². The van der Waals surface area contributed by atoms with E-state index in [-0.39, 0.29) is 0 Å². The fourth-order valence-electron chi connectivity index (χ4n) is 4.02.